The van der Waals surface area contributed by atoms with Crippen LogP contribution >= 0.6 is 0 Å². The molecule has 0 aliphatic heterocycles. The van der Waals surface area contributed by atoms with Gasteiger partial charge in [-0.05, 0) is 40.5 Å². The lowest BCUT2D eigenvalue weighted by Gasteiger charge is -2.32. The van der Waals surface area contributed by atoms with Gasteiger partial charge in [-0.1, -0.05) is 63.0 Å². The Labute approximate surface area is 132 Å². The molecule has 1 fully saturated rings. The van der Waals surface area contributed by atoms with Gasteiger partial charge in [-0.3, -0.25) is 9.68 Å². The van der Waals surface area contributed by atoms with Gasteiger partial charge < -0.3 is 0 Å². The van der Waals surface area contributed by atoms with Crippen molar-refractivity contribution in [2.24, 2.45) is 0 Å². The van der Waals surface area contributed by atoms with E-state index in [1.807, 2.05) is 5.23 Å². The Morgan fingerprint density at radius 2 is 0.952 bits per heavy atom. The van der Waals surface area contributed by atoms with Crippen LogP contribution in [0.3, 0.4) is 0 Å². The van der Waals surface area contributed by atoms with Gasteiger partial charge in [0.05, 0.1) is 18.2 Å². The van der Waals surface area contributed by atoms with Crippen molar-refractivity contribution in [1.82, 2.24) is 5.23 Å². The molecule has 0 bridgehead atoms. The molecule has 0 N–H and O–H groups in total. The van der Waals surface area contributed by atoms with Crippen molar-refractivity contribution in [3.63, 3.8) is 0 Å². The van der Waals surface area contributed by atoms with E-state index >= 15 is 0 Å². The molecule has 0 aromatic rings. The maximum absolute atomic E-state index is 5.94. The maximum Gasteiger partial charge on any atom is 0.0763 e. The zero-order valence-corrected chi connectivity index (χ0v) is 14.8. The molecular weight excluding hydrogens is 262 g/mol. The van der Waals surface area contributed by atoms with Gasteiger partial charge in [0, 0.05) is 0 Å². The first-order valence-electron chi connectivity index (χ1n) is 9.22. The first-order valence-corrected chi connectivity index (χ1v) is 9.22. The lowest BCUT2D eigenvalue weighted by Crippen LogP contribution is -2.39. The van der Waals surface area contributed by atoms with E-state index in [4.69, 9.17) is 9.68 Å². The molecule has 0 aromatic carbocycles. The average molecular weight is 299 g/mol. The fourth-order valence-electron chi connectivity index (χ4n) is 2.97. The van der Waals surface area contributed by atoms with Crippen molar-refractivity contribution in [3.8, 4) is 0 Å². The van der Waals surface area contributed by atoms with Gasteiger partial charge in [0.15, 0.2) is 0 Å². The van der Waals surface area contributed by atoms with E-state index in [-0.39, 0.29) is 12.2 Å². The van der Waals surface area contributed by atoms with E-state index < -0.39 is 0 Å². The molecule has 0 heterocycles. The van der Waals surface area contributed by atoms with Crippen molar-refractivity contribution in [2.75, 3.05) is 0 Å². The summed E-state index contributed by atoms with van der Waals surface area (Å²) in [6.07, 6.45) is 15.1. The highest BCUT2D eigenvalue weighted by Gasteiger charge is 2.22. The van der Waals surface area contributed by atoms with Crippen LogP contribution in [0.4, 0.5) is 0 Å². The second kappa shape index (κ2) is 11.4. The van der Waals surface area contributed by atoms with E-state index in [9.17, 15) is 0 Å². The van der Waals surface area contributed by atoms with Gasteiger partial charge >= 0.3 is 0 Å². The number of hydroxylamine groups is 2. The molecule has 3 heteroatoms. The van der Waals surface area contributed by atoms with Gasteiger partial charge in [0.1, 0.15) is 0 Å². The second-order valence-electron chi connectivity index (χ2n) is 7.01. The molecule has 0 atom stereocenters. The third-order valence-corrected chi connectivity index (χ3v) is 4.00. The molecule has 0 unspecified atom stereocenters. The summed E-state index contributed by atoms with van der Waals surface area (Å²) in [6.45, 7) is 8.30. The van der Waals surface area contributed by atoms with Gasteiger partial charge in [-0.2, -0.15) is 0 Å². The number of hydrogen-bond acceptors (Lipinski definition) is 3. The first kappa shape index (κ1) is 18.9. The van der Waals surface area contributed by atoms with Crippen LogP contribution in [0, 0.1) is 0 Å². The zero-order valence-electron chi connectivity index (χ0n) is 14.8. The standard InChI is InChI=1S/C18H37NO2/c1-16(2)20-19(21-17(3)4)18-14-12-10-8-6-5-7-9-11-13-15-18/h16-18H,5-15H2,1-4H3. The monoisotopic (exact) mass is 299 g/mol. The summed E-state index contributed by atoms with van der Waals surface area (Å²) in [5, 5.41) is 1.83. The summed E-state index contributed by atoms with van der Waals surface area (Å²) in [5.41, 5.74) is 0. The molecule has 0 spiro atoms. The van der Waals surface area contributed by atoms with Crippen molar-refractivity contribution >= 4 is 0 Å². The average Bonchev–Trinajstić information content (AvgIpc) is 2.37. The SMILES string of the molecule is CC(C)ON(OC(C)C)C1CCCCCCCCCCC1. The van der Waals surface area contributed by atoms with Gasteiger partial charge in [-0.15, -0.1) is 0 Å². The molecule has 1 aliphatic rings. The fraction of sp³-hybridized carbons (Fsp3) is 1.00. The number of nitrogens with zero attached hydrogens (tertiary/aromatic N) is 1. The van der Waals surface area contributed by atoms with Crippen molar-refractivity contribution in [3.05, 3.63) is 0 Å². The summed E-state index contributed by atoms with van der Waals surface area (Å²) in [6, 6.07) is 0.411. The highest BCUT2D eigenvalue weighted by atomic mass is 17.0. The first-order chi connectivity index (χ1) is 10.1. The van der Waals surface area contributed by atoms with Gasteiger partial charge in [0.2, 0.25) is 0 Å². The highest BCUT2D eigenvalue weighted by Crippen LogP contribution is 2.22. The zero-order chi connectivity index (χ0) is 15.5. The molecule has 0 radical (unpaired) electrons. The van der Waals surface area contributed by atoms with Crippen molar-refractivity contribution in [1.29, 1.82) is 0 Å². The Morgan fingerprint density at radius 3 is 1.29 bits per heavy atom. The van der Waals surface area contributed by atoms with Crippen LogP contribution in [-0.2, 0) is 9.68 Å². The second-order valence-corrected chi connectivity index (χ2v) is 7.01. The van der Waals surface area contributed by atoms with E-state index in [1.165, 1.54) is 70.6 Å². The molecule has 1 saturated carbocycles. The minimum atomic E-state index is 0.171. The highest BCUT2D eigenvalue weighted by molar-refractivity contribution is 4.65. The van der Waals surface area contributed by atoms with Crippen molar-refractivity contribution < 1.29 is 9.68 Å². The Hall–Kier alpha value is -0.120. The van der Waals surface area contributed by atoms with E-state index in [0.29, 0.717) is 6.04 Å². The predicted molar refractivity (Wildman–Crippen MR) is 88.9 cm³/mol. The van der Waals surface area contributed by atoms with Crippen LogP contribution in [0.1, 0.15) is 98.3 Å². The van der Waals surface area contributed by atoms with E-state index in [1.54, 1.807) is 0 Å². The topological polar surface area (TPSA) is 21.7 Å². The summed E-state index contributed by atoms with van der Waals surface area (Å²) in [4.78, 5) is 11.9. The van der Waals surface area contributed by atoms with Gasteiger partial charge in [-0.25, -0.2) is 0 Å². The lowest BCUT2D eigenvalue weighted by molar-refractivity contribution is -0.414. The Balaban J connectivity index is 2.55. The molecule has 0 amide bonds. The van der Waals surface area contributed by atoms with Crippen LogP contribution in [0.15, 0.2) is 0 Å². The smallest absolute Gasteiger partial charge is 0.0763 e. The summed E-state index contributed by atoms with van der Waals surface area (Å²) in [7, 11) is 0. The third-order valence-electron chi connectivity index (χ3n) is 4.00. The molecule has 21 heavy (non-hydrogen) atoms. The Morgan fingerprint density at radius 1 is 0.619 bits per heavy atom. The molecule has 1 aliphatic carbocycles. The van der Waals surface area contributed by atoms with Crippen LogP contribution in [0.5, 0.6) is 0 Å². The van der Waals surface area contributed by atoms with E-state index in [0.717, 1.165) is 0 Å². The molecule has 0 aromatic heterocycles. The van der Waals surface area contributed by atoms with Crippen molar-refractivity contribution in [2.45, 2.75) is 117 Å². The minimum Gasteiger partial charge on any atom is -0.271 e. The van der Waals surface area contributed by atoms with Crippen LogP contribution < -0.4 is 0 Å². The fourth-order valence-corrected chi connectivity index (χ4v) is 2.97. The normalized spacial score (nSPS) is 20.7. The van der Waals surface area contributed by atoms with Gasteiger partial charge in [0.25, 0.3) is 0 Å². The molecule has 126 valence electrons. The minimum absolute atomic E-state index is 0.171. The number of hydrogen-bond donors (Lipinski definition) is 0. The summed E-state index contributed by atoms with van der Waals surface area (Å²) in [5.74, 6) is 0. The maximum atomic E-state index is 5.94. The van der Waals surface area contributed by atoms with Crippen LogP contribution in [0.2, 0.25) is 0 Å². The quantitative estimate of drug-likeness (QED) is 0.613. The Bertz CT molecular complexity index is 221. The molecule has 0 saturated heterocycles. The largest absolute Gasteiger partial charge is 0.271 e. The predicted octanol–water partition coefficient (Wildman–Crippen LogP) is 5.64. The van der Waals surface area contributed by atoms with Crippen LogP contribution in [-0.4, -0.2) is 23.5 Å². The van der Waals surface area contributed by atoms with E-state index in [2.05, 4.69) is 27.7 Å². The summed E-state index contributed by atoms with van der Waals surface area (Å²) < 4.78 is 0. The number of rotatable bonds is 5. The third kappa shape index (κ3) is 9.49. The van der Waals surface area contributed by atoms with Crippen LogP contribution in [0.25, 0.3) is 0 Å². The Kier molecular flexibility index (Phi) is 10.3. The lowest BCUT2D eigenvalue weighted by atomic mass is 9.98. The molecular formula is C18H37NO2. The molecule has 3 nitrogen and oxygen atoms in total. The summed E-state index contributed by atoms with van der Waals surface area (Å²) >= 11 is 0. The molecule has 1 rings (SSSR count).